The molecule has 0 saturated heterocycles. The van der Waals surface area contributed by atoms with E-state index in [1.807, 2.05) is 0 Å². The summed E-state index contributed by atoms with van der Waals surface area (Å²) in [7, 11) is 0. The number of para-hydroxylation sites is 2. The molecule has 480 valence electrons. The smallest absolute Gasteiger partial charge is 0.0626 e. The van der Waals surface area contributed by atoms with Crippen LogP contribution < -0.4 is 0 Å². The quantitative estimate of drug-likeness (QED) is 0.147. The van der Waals surface area contributed by atoms with Crippen LogP contribution in [0.1, 0.15) is 25.0 Å². The number of hydrogen-bond donors (Lipinski definition) is 0. The standard InChI is InChI=1S/C51H35N.C50H31N/c1-51(2)45-29-34(32-15-5-3-6-16-32)25-27-38(45)39-28-26-35(30-46(39)51)52-47-24-14-13-23-42(47)49-48-40-21-11-9-19-36(40)43(33-17-7-4-8-18-33)31-44(48)37-20-10-12-22-41(37)50(49)52;1-2-13-34(14-3-1)45-31-46-41-17-7-9-19-43(41)50-49(48(46)42-18-8-6-16-40(42)45)44-20-10-11-21-47(44)51(50)39-27-26-33-23-25-37(29-38(33)30-39)36-24-22-32-12-4-5-15-35(32)28-36/h3-31H,1-2H3;1-31H. The summed E-state index contributed by atoms with van der Waals surface area (Å²) < 4.78 is 5.05. The van der Waals surface area contributed by atoms with Crippen LogP contribution in [-0.4, -0.2) is 9.13 Å². The van der Waals surface area contributed by atoms with Crippen molar-refractivity contribution in [2.45, 2.75) is 19.3 Å². The maximum absolute atomic E-state index is 2.54. The molecule has 0 atom stereocenters. The van der Waals surface area contributed by atoms with Crippen molar-refractivity contribution >= 4 is 130 Å². The number of nitrogens with zero attached hydrogens (tertiary/aromatic N) is 2. The predicted molar refractivity (Wildman–Crippen MR) is 441 cm³/mol. The zero-order chi connectivity index (χ0) is 68.0. The summed E-state index contributed by atoms with van der Waals surface area (Å²) >= 11 is 0. The van der Waals surface area contributed by atoms with Crippen LogP contribution in [0.2, 0.25) is 0 Å². The maximum Gasteiger partial charge on any atom is 0.0626 e. The second kappa shape index (κ2) is 23.0. The van der Waals surface area contributed by atoms with E-state index in [-0.39, 0.29) is 5.41 Å². The highest BCUT2D eigenvalue weighted by molar-refractivity contribution is 6.40. The van der Waals surface area contributed by atoms with E-state index in [1.54, 1.807) is 0 Å². The largest absolute Gasteiger partial charge is 0.309 e. The molecule has 2 heterocycles. The van der Waals surface area contributed by atoms with Gasteiger partial charge in [0.15, 0.2) is 0 Å². The summed E-state index contributed by atoms with van der Waals surface area (Å²) in [5.41, 5.74) is 22.6. The van der Waals surface area contributed by atoms with Crippen molar-refractivity contribution in [3.05, 3.63) is 375 Å². The van der Waals surface area contributed by atoms with Crippen molar-refractivity contribution < 1.29 is 0 Å². The fraction of sp³-hybridized carbons (Fsp3) is 0.0297. The Labute approximate surface area is 596 Å². The molecule has 0 saturated carbocycles. The van der Waals surface area contributed by atoms with E-state index in [0.29, 0.717) is 0 Å². The van der Waals surface area contributed by atoms with Crippen LogP contribution in [0.4, 0.5) is 0 Å². The van der Waals surface area contributed by atoms with Gasteiger partial charge in [-0.25, -0.2) is 0 Å². The number of aromatic nitrogens is 2. The first-order valence-corrected chi connectivity index (χ1v) is 36.0. The summed E-state index contributed by atoms with van der Waals surface area (Å²) in [5, 5.41) is 25.6. The number of benzene rings is 19. The lowest BCUT2D eigenvalue weighted by Crippen LogP contribution is -2.15. The molecule has 0 unspecified atom stereocenters. The topological polar surface area (TPSA) is 9.86 Å². The lowest BCUT2D eigenvalue weighted by Gasteiger charge is -2.23. The van der Waals surface area contributed by atoms with Crippen LogP contribution in [0.3, 0.4) is 0 Å². The minimum absolute atomic E-state index is 0.150. The fourth-order valence-electron chi connectivity index (χ4n) is 17.9. The average Bonchev–Trinajstić information content (AvgIpc) is 1.69. The average molecular weight is 1310 g/mol. The van der Waals surface area contributed by atoms with Gasteiger partial charge in [-0.1, -0.05) is 311 Å². The van der Waals surface area contributed by atoms with Gasteiger partial charge in [0, 0.05) is 59.9 Å². The molecule has 103 heavy (non-hydrogen) atoms. The van der Waals surface area contributed by atoms with E-state index in [2.05, 4.69) is 387 Å². The van der Waals surface area contributed by atoms with Crippen molar-refractivity contribution in [2.75, 3.05) is 0 Å². The van der Waals surface area contributed by atoms with E-state index in [4.69, 9.17) is 0 Å². The van der Waals surface area contributed by atoms with E-state index < -0.39 is 0 Å². The number of rotatable bonds is 6. The van der Waals surface area contributed by atoms with E-state index in [0.717, 1.165) is 0 Å². The molecule has 0 bridgehead atoms. The second-order valence-electron chi connectivity index (χ2n) is 28.5. The normalized spacial score (nSPS) is 12.6. The van der Waals surface area contributed by atoms with Crippen molar-refractivity contribution in [3.63, 3.8) is 0 Å². The Bertz CT molecular complexity index is 7110. The number of hydrogen-bond acceptors (Lipinski definition) is 0. The number of fused-ring (bicyclic) bond motifs is 25. The third kappa shape index (κ3) is 9.00. The minimum atomic E-state index is -0.150. The summed E-state index contributed by atoms with van der Waals surface area (Å²) in [4.78, 5) is 0. The van der Waals surface area contributed by atoms with E-state index in [9.17, 15) is 0 Å². The Morgan fingerprint density at radius 2 is 0.553 bits per heavy atom. The molecular weight excluding hydrogens is 1240 g/mol. The first-order chi connectivity index (χ1) is 50.9. The zero-order valence-electron chi connectivity index (χ0n) is 57.0. The van der Waals surface area contributed by atoms with Gasteiger partial charge in [-0.05, 0) is 198 Å². The molecule has 0 amide bonds. The van der Waals surface area contributed by atoms with Crippen molar-refractivity contribution in [2.24, 2.45) is 0 Å². The highest BCUT2D eigenvalue weighted by atomic mass is 15.0. The lowest BCUT2D eigenvalue weighted by atomic mass is 9.81. The summed E-state index contributed by atoms with van der Waals surface area (Å²) in [6.45, 7) is 4.78. The van der Waals surface area contributed by atoms with E-state index in [1.165, 1.54) is 208 Å². The lowest BCUT2D eigenvalue weighted by molar-refractivity contribution is 0.660. The molecule has 19 aromatic carbocycles. The van der Waals surface area contributed by atoms with Crippen LogP contribution in [0.25, 0.3) is 197 Å². The first kappa shape index (κ1) is 58.8. The van der Waals surface area contributed by atoms with Gasteiger partial charge in [0.2, 0.25) is 0 Å². The molecule has 0 fully saturated rings. The molecule has 1 aliphatic carbocycles. The molecule has 21 aromatic rings. The summed E-state index contributed by atoms with van der Waals surface area (Å²) in [6.07, 6.45) is 0. The predicted octanol–water partition coefficient (Wildman–Crippen LogP) is 27.8. The van der Waals surface area contributed by atoms with Gasteiger partial charge in [0.05, 0.1) is 22.1 Å². The Morgan fingerprint density at radius 1 is 0.194 bits per heavy atom. The van der Waals surface area contributed by atoms with Gasteiger partial charge in [-0.2, -0.15) is 0 Å². The molecule has 2 heteroatoms. The van der Waals surface area contributed by atoms with Gasteiger partial charge >= 0.3 is 0 Å². The summed E-state index contributed by atoms with van der Waals surface area (Å²) in [5.74, 6) is 0. The molecule has 1 aliphatic rings. The van der Waals surface area contributed by atoms with Crippen LogP contribution in [-0.2, 0) is 5.41 Å². The Hall–Kier alpha value is -13.1. The zero-order valence-corrected chi connectivity index (χ0v) is 57.0. The Morgan fingerprint density at radius 3 is 1.09 bits per heavy atom. The van der Waals surface area contributed by atoms with Crippen LogP contribution in [0.15, 0.2) is 364 Å². The van der Waals surface area contributed by atoms with Gasteiger partial charge in [-0.3, -0.25) is 0 Å². The van der Waals surface area contributed by atoms with Crippen LogP contribution in [0, 0.1) is 0 Å². The SMILES string of the molecule is CC1(C)c2cc(-c3ccccc3)ccc2-c2ccc(-n3c4ccccc4c4c5c6ccccc6c(-c6ccccc6)cc5c5ccccc5c43)cc21.c1ccc(-c2cc3c4ccccc4c4c(c5ccccc5n4-c4ccc5ccc(-c6ccc7ccccc7c6)cc5c4)c3c3ccccc23)cc1. The third-order valence-corrected chi connectivity index (χ3v) is 22.6. The maximum atomic E-state index is 2.54. The molecule has 22 rings (SSSR count). The first-order valence-electron chi connectivity index (χ1n) is 36.0. The fourth-order valence-corrected chi connectivity index (χ4v) is 17.9. The third-order valence-electron chi connectivity index (χ3n) is 22.6. The molecule has 0 spiro atoms. The monoisotopic (exact) mass is 1310 g/mol. The molecule has 2 nitrogen and oxygen atoms in total. The molecule has 0 N–H and O–H groups in total. The summed E-state index contributed by atoms with van der Waals surface area (Å²) in [6, 6.07) is 135. The van der Waals surface area contributed by atoms with E-state index >= 15 is 0 Å². The Balaban J connectivity index is 0.000000134. The van der Waals surface area contributed by atoms with Crippen molar-refractivity contribution in [1.29, 1.82) is 0 Å². The van der Waals surface area contributed by atoms with Gasteiger partial charge < -0.3 is 9.13 Å². The Kier molecular flexibility index (Phi) is 13.1. The highest BCUT2D eigenvalue weighted by Gasteiger charge is 2.37. The van der Waals surface area contributed by atoms with Crippen LogP contribution in [0.5, 0.6) is 0 Å². The van der Waals surface area contributed by atoms with Gasteiger partial charge in [-0.15, -0.1) is 0 Å². The molecule has 0 radical (unpaired) electrons. The minimum Gasteiger partial charge on any atom is -0.309 e. The molecular formula is C101H66N2. The van der Waals surface area contributed by atoms with Crippen molar-refractivity contribution in [3.8, 4) is 67.0 Å². The van der Waals surface area contributed by atoms with Crippen LogP contribution >= 0.6 is 0 Å². The highest BCUT2D eigenvalue weighted by Crippen LogP contribution is 2.53. The molecule has 0 aliphatic heterocycles. The van der Waals surface area contributed by atoms with Crippen molar-refractivity contribution in [1.82, 2.24) is 9.13 Å². The second-order valence-corrected chi connectivity index (χ2v) is 28.5. The van der Waals surface area contributed by atoms with Gasteiger partial charge in [0.25, 0.3) is 0 Å². The molecule has 2 aromatic heterocycles. The van der Waals surface area contributed by atoms with Gasteiger partial charge in [0.1, 0.15) is 0 Å².